The number of carboxylic acids is 2. The van der Waals surface area contributed by atoms with E-state index in [9.17, 15) is 167 Å². The van der Waals surface area contributed by atoms with Gasteiger partial charge in [0.1, 0.15) is 183 Å². The smallest absolute Gasteiger partial charge is 0.364 e. The Hall–Kier alpha value is -4.74. The van der Waals surface area contributed by atoms with Crippen molar-refractivity contribution in [2.45, 2.75) is 291 Å². The van der Waals surface area contributed by atoms with Crippen LogP contribution in [-0.2, 0) is 95.1 Å². The standard InChI is InChI=1S/C62H104N4O47/c1-16(75)63-31-20(79)5-61(59(96)97,110-49(31)36(86)23(82)8-68)112-52-39(89)27(12-72)102-57(44(52)94)107-47-28(13-73)103-54(34(42(47)92)66-19(4)78)100-15-30-40(90)51(43(93)56(105-30)106-46(25(84)10-70)35(85)22(81)7-67)109-58-45(95)53(48(29(14-74)104-58)108-55-33(65-18(3)77)41(91)38(88)26(11-71)101-55)113-62(60(98)99)6-21(80)32(64-17(2)76)50(111-62)37(87)24(83)9-69/h20-58,67-74,79-95H,5-15H2,1-4H3,(H,63,75)(H,64,76)(H,65,77)(H,66,78)(H,96,97)(H,98,99)/t20-,21-,22-,23+,24+,25+,26+,27+,28+,29+,30+,31+,32+,33+,34+,35+,36+,37+,38-,39-,40-,41+,42+,43+,44+,45+,46+,47+,48-,49+,50+,51-,52-,53+,54+,55-,56-,57-,58-,61-,62-/m0/s1. The quantitative estimate of drug-likeness (QED) is 0.0277. The second-order valence-corrected chi connectivity index (χ2v) is 28.0. The molecule has 31 N–H and O–H groups in total. The van der Waals surface area contributed by atoms with E-state index in [-0.39, 0.29) is 0 Å². The predicted octanol–water partition coefficient (Wildman–Crippen LogP) is -19.8. The van der Waals surface area contributed by atoms with Crippen molar-refractivity contribution in [3.8, 4) is 0 Å². The van der Waals surface area contributed by atoms with Crippen molar-refractivity contribution in [3.63, 3.8) is 0 Å². The lowest BCUT2D eigenvalue weighted by Crippen LogP contribution is -2.72. The Labute approximate surface area is 638 Å². The van der Waals surface area contributed by atoms with Gasteiger partial charge in [0, 0.05) is 40.5 Å². The third-order valence-corrected chi connectivity index (χ3v) is 19.8. The van der Waals surface area contributed by atoms with E-state index in [1.54, 1.807) is 0 Å². The maximum absolute atomic E-state index is 13.8. The van der Waals surface area contributed by atoms with E-state index in [0.717, 1.165) is 27.7 Å². The van der Waals surface area contributed by atoms with Gasteiger partial charge < -0.3 is 225 Å². The minimum Gasteiger partial charge on any atom is -0.477 e. The van der Waals surface area contributed by atoms with Crippen LogP contribution in [0, 0.1) is 0 Å². The summed E-state index contributed by atoms with van der Waals surface area (Å²) in [6.07, 6.45) is -83.6. The van der Waals surface area contributed by atoms with Crippen molar-refractivity contribution in [2.24, 2.45) is 0 Å². The molecule has 7 aliphatic rings. The highest BCUT2D eigenvalue weighted by Crippen LogP contribution is 2.43. The van der Waals surface area contributed by atoms with Gasteiger partial charge in [-0.3, -0.25) is 19.2 Å². The van der Waals surface area contributed by atoms with Gasteiger partial charge in [-0.1, -0.05) is 0 Å². The highest BCUT2D eigenvalue weighted by molar-refractivity contribution is 5.78. The van der Waals surface area contributed by atoms with Gasteiger partial charge in [-0.2, -0.15) is 0 Å². The van der Waals surface area contributed by atoms with E-state index in [1.807, 2.05) is 0 Å². The van der Waals surface area contributed by atoms with Gasteiger partial charge in [0.15, 0.2) is 31.5 Å². The molecule has 654 valence electrons. The lowest BCUT2D eigenvalue weighted by atomic mass is 9.88. The van der Waals surface area contributed by atoms with Crippen molar-refractivity contribution in [2.75, 3.05) is 59.5 Å². The lowest BCUT2D eigenvalue weighted by Gasteiger charge is -2.52. The van der Waals surface area contributed by atoms with Gasteiger partial charge in [0.2, 0.25) is 23.6 Å². The largest absolute Gasteiger partial charge is 0.477 e. The first kappa shape index (κ1) is 95.4. The number of carbonyl (C=O) groups is 6. The number of amides is 4. The Morgan fingerprint density at radius 3 is 1.19 bits per heavy atom. The first-order valence-corrected chi connectivity index (χ1v) is 35.3. The van der Waals surface area contributed by atoms with Crippen LogP contribution in [0.1, 0.15) is 40.5 Å². The molecule has 0 aliphatic carbocycles. The molecule has 0 aromatic heterocycles. The molecule has 0 radical (unpaired) electrons. The molecule has 7 fully saturated rings. The zero-order chi connectivity index (χ0) is 84.5. The van der Waals surface area contributed by atoms with Crippen LogP contribution in [0.5, 0.6) is 0 Å². The molecular formula is C62H104N4O47. The van der Waals surface area contributed by atoms with Crippen LogP contribution >= 0.6 is 0 Å². The van der Waals surface area contributed by atoms with Gasteiger partial charge >= 0.3 is 11.9 Å². The highest BCUT2D eigenvalue weighted by Gasteiger charge is 2.64. The molecule has 51 nitrogen and oxygen atoms in total. The number of aliphatic hydroxyl groups excluding tert-OH is 25. The Morgan fingerprint density at radius 1 is 0.381 bits per heavy atom. The molecular weight excluding hydrogens is 1550 g/mol. The van der Waals surface area contributed by atoms with Crippen molar-refractivity contribution in [1.82, 2.24) is 21.3 Å². The zero-order valence-electron chi connectivity index (χ0n) is 60.5. The summed E-state index contributed by atoms with van der Waals surface area (Å²) >= 11 is 0. The molecule has 7 heterocycles. The molecule has 7 rings (SSSR count). The van der Waals surface area contributed by atoms with Gasteiger partial charge in [-0.05, 0) is 0 Å². The number of aliphatic hydroxyl groups is 25. The van der Waals surface area contributed by atoms with Crippen molar-refractivity contribution < 1.29 is 233 Å². The Kier molecular flexibility index (Phi) is 34.9. The summed E-state index contributed by atoms with van der Waals surface area (Å²) in [5, 5.41) is 307. The van der Waals surface area contributed by atoms with E-state index in [2.05, 4.69) is 21.3 Å². The minimum absolute atomic E-state index is 0.873. The predicted molar refractivity (Wildman–Crippen MR) is 347 cm³/mol. The highest BCUT2D eigenvalue weighted by atomic mass is 16.8. The van der Waals surface area contributed by atoms with Crippen LogP contribution in [0.2, 0.25) is 0 Å². The SMILES string of the molecule is CC(=O)N[C@H]1[C@H](OC[C@H]2O[C@@H](O[C@@H]([C@H](O)[C@@H](O)CO)[C@H](O)CO)[C@H](O)[C@@H](O[C@@H]3O[C@H](CO)[C@H](O[C@@H]4O[C@H](CO)[C@H](O)[C@H](O)[C@H]4NC(C)=O)[C@H](O[C@]4(C(=O)O)C[C@H](O)[C@@H](NC(C)=O)[C@H]([C@H](O)[C@H](O)CO)O4)[C@H]3O)[C@H]2O)O[C@H](CO)[C@@H](O[C@@H]2O[C@H](CO)[C@H](O)[C@H](O[C@]3(C(=O)O)C[C@H](O)[C@@H](NC(C)=O)[C@H]([C@H](O)[C@H](O)CO)O3)[C@H]2O)[C@@H]1O. The average Bonchev–Trinajstić information content (AvgIpc) is 0.751. The van der Waals surface area contributed by atoms with Crippen molar-refractivity contribution in [1.29, 1.82) is 0 Å². The number of nitrogens with one attached hydrogen (secondary N) is 4. The molecule has 7 saturated heterocycles. The average molecular weight is 1660 g/mol. The van der Waals surface area contributed by atoms with E-state index in [1.165, 1.54) is 0 Å². The topological polar surface area (TPSA) is 826 Å². The van der Waals surface area contributed by atoms with E-state index < -0.39 is 358 Å². The second-order valence-electron chi connectivity index (χ2n) is 28.0. The summed E-state index contributed by atoms with van der Waals surface area (Å²) in [6, 6.07) is -7.56. The molecule has 0 unspecified atom stereocenters. The van der Waals surface area contributed by atoms with Gasteiger partial charge in [-0.25, -0.2) is 9.59 Å². The normalized spacial score (nSPS) is 42.6. The number of hydrogen-bond donors (Lipinski definition) is 31. The minimum atomic E-state index is -3.53. The monoisotopic (exact) mass is 1660 g/mol. The molecule has 51 heteroatoms. The van der Waals surface area contributed by atoms with Crippen LogP contribution in [0.3, 0.4) is 0 Å². The number of carboxylic acid groups (broad SMARTS) is 2. The third kappa shape index (κ3) is 21.7. The fourth-order valence-electron chi connectivity index (χ4n) is 14.0. The van der Waals surface area contributed by atoms with E-state index >= 15 is 0 Å². The maximum Gasteiger partial charge on any atom is 0.364 e. The first-order chi connectivity index (χ1) is 53.1. The fourth-order valence-corrected chi connectivity index (χ4v) is 14.0. The molecule has 7 aliphatic heterocycles. The first-order valence-electron chi connectivity index (χ1n) is 35.3. The lowest BCUT2D eigenvalue weighted by molar-refractivity contribution is -0.404. The zero-order valence-corrected chi connectivity index (χ0v) is 60.5. The van der Waals surface area contributed by atoms with Crippen molar-refractivity contribution in [3.05, 3.63) is 0 Å². The van der Waals surface area contributed by atoms with Gasteiger partial charge in [0.05, 0.1) is 83.8 Å². The number of aliphatic carboxylic acids is 2. The Morgan fingerprint density at radius 2 is 0.743 bits per heavy atom. The van der Waals surface area contributed by atoms with Crippen LogP contribution in [0.25, 0.3) is 0 Å². The molecule has 0 bridgehead atoms. The maximum atomic E-state index is 13.8. The summed E-state index contributed by atoms with van der Waals surface area (Å²) in [5.41, 5.74) is 0. The van der Waals surface area contributed by atoms with E-state index in [4.69, 9.17) is 66.3 Å². The molecule has 113 heavy (non-hydrogen) atoms. The van der Waals surface area contributed by atoms with Crippen LogP contribution in [0.4, 0.5) is 0 Å². The third-order valence-electron chi connectivity index (χ3n) is 19.8. The van der Waals surface area contributed by atoms with Crippen LogP contribution < -0.4 is 21.3 Å². The Bertz CT molecular complexity index is 3060. The van der Waals surface area contributed by atoms with Crippen LogP contribution in [0.15, 0.2) is 0 Å². The van der Waals surface area contributed by atoms with Crippen molar-refractivity contribution >= 4 is 35.6 Å². The second kappa shape index (κ2) is 41.3. The molecule has 0 aromatic carbocycles. The summed E-state index contributed by atoms with van der Waals surface area (Å²) in [4.78, 5) is 77.2. The number of ether oxygens (including phenoxy) is 14. The number of hydrogen-bond acceptors (Lipinski definition) is 45. The molecule has 0 spiro atoms. The van der Waals surface area contributed by atoms with E-state index in [0.29, 0.717) is 0 Å². The number of rotatable bonds is 36. The molecule has 41 atom stereocenters. The summed E-state index contributed by atoms with van der Waals surface area (Å²) in [7, 11) is 0. The summed E-state index contributed by atoms with van der Waals surface area (Å²) in [5.74, 6) is -15.1. The summed E-state index contributed by atoms with van der Waals surface area (Å²) in [6.45, 7) is -7.74. The summed E-state index contributed by atoms with van der Waals surface area (Å²) < 4.78 is 82.2. The molecule has 4 amide bonds. The Balaban J connectivity index is 1.25. The van der Waals surface area contributed by atoms with Crippen LogP contribution in [-0.4, -0.2) is 483 Å². The van der Waals surface area contributed by atoms with Gasteiger partial charge in [-0.15, -0.1) is 0 Å². The van der Waals surface area contributed by atoms with Gasteiger partial charge in [0.25, 0.3) is 11.6 Å². The number of carbonyl (C=O) groups excluding carboxylic acids is 4. The fraction of sp³-hybridized carbons (Fsp3) is 0.903. The molecule has 0 aromatic rings. The molecule has 0 saturated carbocycles.